The van der Waals surface area contributed by atoms with Crippen molar-refractivity contribution in [3.63, 3.8) is 0 Å². The molecule has 2 amide bonds. The van der Waals surface area contributed by atoms with E-state index in [4.69, 9.17) is 9.47 Å². The fourth-order valence-corrected chi connectivity index (χ4v) is 2.47. The van der Waals surface area contributed by atoms with Gasteiger partial charge in [-0.15, -0.1) is 6.58 Å². The molecule has 25 heavy (non-hydrogen) atoms. The van der Waals surface area contributed by atoms with Crippen LogP contribution in [-0.4, -0.2) is 31.6 Å². The van der Waals surface area contributed by atoms with Gasteiger partial charge in [0.05, 0.1) is 5.69 Å². The van der Waals surface area contributed by atoms with E-state index in [9.17, 15) is 9.59 Å². The van der Waals surface area contributed by atoms with Gasteiger partial charge >= 0.3 is 0 Å². The summed E-state index contributed by atoms with van der Waals surface area (Å²) in [4.78, 5) is 25.6. The number of carbonyl (C=O) groups is 2. The van der Waals surface area contributed by atoms with E-state index in [0.29, 0.717) is 29.4 Å². The van der Waals surface area contributed by atoms with E-state index in [-0.39, 0.29) is 25.0 Å². The second-order valence-electron chi connectivity index (χ2n) is 5.41. The summed E-state index contributed by atoms with van der Waals surface area (Å²) in [5, 5.41) is 2.76. The van der Waals surface area contributed by atoms with Crippen LogP contribution < -0.4 is 19.7 Å². The molecule has 0 aliphatic carbocycles. The molecule has 6 heteroatoms. The number of rotatable bonds is 6. The van der Waals surface area contributed by atoms with Gasteiger partial charge in [0, 0.05) is 12.2 Å². The van der Waals surface area contributed by atoms with Gasteiger partial charge in [-0.3, -0.25) is 9.59 Å². The second kappa shape index (κ2) is 7.53. The fourth-order valence-electron chi connectivity index (χ4n) is 2.47. The van der Waals surface area contributed by atoms with Crippen molar-refractivity contribution in [2.75, 3.05) is 30.0 Å². The zero-order valence-corrected chi connectivity index (χ0v) is 13.6. The molecule has 6 nitrogen and oxygen atoms in total. The van der Waals surface area contributed by atoms with E-state index in [1.54, 1.807) is 41.3 Å². The molecule has 2 aromatic rings. The molecular weight excluding hydrogens is 320 g/mol. The summed E-state index contributed by atoms with van der Waals surface area (Å²) in [6.07, 6.45) is 1.64. The van der Waals surface area contributed by atoms with Crippen LogP contribution in [0.5, 0.6) is 11.5 Å². The Morgan fingerprint density at radius 2 is 2.08 bits per heavy atom. The third-order valence-corrected chi connectivity index (χ3v) is 3.61. The first-order valence-electron chi connectivity index (χ1n) is 7.83. The van der Waals surface area contributed by atoms with Gasteiger partial charge in [-0.05, 0) is 30.3 Å². The van der Waals surface area contributed by atoms with E-state index in [2.05, 4.69) is 11.9 Å². The molecule has 2 aromatic carbocycles. The first-order chi connectivity index (χ1) is 12.2. The number of hydrogen-bond acceptors (Lipinski definition) is 4. The van der Waals surface area contributed by atoms with Crippen LogP contribution >= 0.6 is 0 Å². The number of carbonyl (C=O) groups excluding carboxylic acids is 2. The maximum absolute atomic E-state index is 12.1. The van der Waals surface area contributed by atoms with Crippen molar-refractivity contribution in [3.8, 4) is 11.5 Å². The minimum atomic E-state index is -0.290. The van der Waals surface area contributed by atoms with Crippen LogP contribution in [-0.2, 0) is 9.59 Å². The highest BCUT2D eigenvalue weighted by Crippen LogP contribution is 2.34. The Hall–Kier alpha value is -3.28. The number of ether oxygens (including phenoxy) is 2. The third kappa shape index (κ3) is 3.98. The SMILES string of the molecule is C=CCN1C(=O)COc2ccc(NC(=O)COc3ccccc3)cc21. The number of para-hydroxylation sites is 1. The molecule has 0 unspecified atom stereocenters. The third-order valence-electron chi connectivity index (χ3n) is 3.61. The Labute approximate surface area is 145 Å². The molecule has 0 saturated carbocycles. The van der Waals surface area contributed by atoms with Crippen LogP contribution in [0.4, 0.5) is 11.4 Å². The Balaban J connectivity index is 1.68. The summed E-state index contributed by atoms with van der Waals surface area (Å²) < 4.78 is 10.8. The van der Waals surface area contributed by atoms with Crippen LogP contribution in [0.15, 0.2) is 61.2 Å². The van der Waals surface area contributed by atoms with Crippen molar-refractivity contribution in [2.45, 2.75) is 0 Å². The molecule has 3 rings (SSSR count). The highest BCUT2D eigenvalue weighted by molar-refractivity contribution is 5.99. The van der Waals surface area contributed by atoms with Crippen molar-refractivity contribution in [3.05, 3.63) is 61.2 Å². The standard InChI is InChI=1S/C19H18N2O4/c1-2-10-21-16-11-14(8-9-17(16)25-13-19(21)23)20-18(22)12-24-15-6-4-3-5-7-15/h2-9,11H,1,10,12-13H2,(H,20,22). The zero-order chi connectivity index (χ0) is 17.6. The number of nitrogens with zero attached hydrogens (tertiary/aromatic N) is 1. The predicted molar refractivity (Wildman–Crippen MR) is 95.1 cm³/mol. The molecule has 0 radical (unpaired) electrons. The molecule has 0 fully saturated rings. The van der Waals surface area contributed by atoms with E-state index in [1.807, 2.05) is 18.2 Å². The van der Waals surface area contributed by atoms with Crippen molar-refractivity contribution in [1.82, 2.24) is 0 Å². The maximum atomic E-state index is 12.1. The van der Waals surface area contributed by atoms with E-state index < -0.39 is 0 Å². The lowest BCUT2D eigenvalue weighted by Gasteiger charge is -2.28. The Morgan fingerprint density at radius 1 is 1.28 bits per heavy atom. The van der Waals surface area contributed by atoms with Crippen LogP contribution in [0.1, 0.15) is 0 Å². The highest BCUT2D eigenvalue weighted by Gasteiger charge is 2.25. The Morgan fingerprint density at radius 3 is 2.84 bits per heavy atom. The molecule has 1 aliphatic rings. The topological polar surface area (TPSA) is 67.9 Å². The molecule has 0 atom stereocenters. The summed E-state index contributed by atoms with van der Waals surface area (Å²) in [6, 6.07) is 14.3. The summed E-state index contributed by atoms with van der Waals surface area (Å²) in [7, 11) is 0. The first kappa shape index (κ1) is 16.6. The average Bonchev–Trinajstić information content (AvgIpc) is 2.63. The van der Waals surface area contributed by atoms with Crippen molar-refractivity contribution in [2.24, 2.45) is 0 Å². The summed E-state index contributed by atoms with van der Waals surface area (Å²) in [6.45, 7) is 3.94. The van der Waals surface area contributed by atoms with Crippen LogP contribution in [0.25, 0.3) is 0 Å². The molecular formula is C19H18N2O4. The van der Waals surface area contributed by atoms with Gasteiger partial charge in [-0.2, -0.15) is 0 Å². The molecule has 0 aromatic heterocycles. The Bertz CT molecular complexity index is 789. The normalized spacial score (nSPS) is 12.8. The second-order valence-corrected chi connectivity index (χ2v) is 5.41. The molecule has 0 spiro atoms. The number of benzene rings is 2. The monoisotopic (exact) mass is 338 g/mol. The van der Waals surface area contributed by atoms with Crippen LogP contribution in [0.3, 0.4) is 0 Å². The van der Waals surface area contributed by atoms with Crippen molar-refractivity contribution in [1.29, 1.82) is 0 Å². The molecule has 128 valence electrons. The lowest BCUT2D eigenvalue weighted by Crippen LogP contribution is -2.38. The lowest BCUT2D eigenvalue weighted by atomic mass is 10.2. The van der Waals surface area contributed by atoms with E-state index >= 15 is 0 Å². The molecule has 1 aliphatic heterocycles. The summed E-state index contributed by atoms with van der Waals surface area (Å²) in [5.41, 5.74) is 1.17. The molecule has 0 bridgehead atoms. The summed E-state index contributed by atoms with van der Waals surface area (Å²) in [5.74, 6) is 0.782. The number of amides is 2. The van der Waals surface area contributed by atoms with Gasteiger partial charge in [0.2, 0.25) is 0 Å². The molecule has 1 heterocycles. The Kier molecular flexibility index (Phi) is 4.99. The van der Waals surface area contributed by atoms with Gasteiger partial charge in [0.1, 0.15) is 11.5 Å². The van der Waals surface area contributed by atoms with E-state index in [0.717, 1.165) is 0 Å². The van der Waals surface area contributed by atoms with Crippen LogP contribution in [0.2, 0.25) is 0 Å². The van der Waals surface area contributed by atoms with Gasteiger partial charge in [0.15, 0.2) is 13.2 Å². The quantitative estimate of drug-likeness (QED) is 0.822. The zero-order valence-electron chi connectivity index (χ0n) is 13.6. The molecule has 0 saturated heterocycles. The molecule has 1 N–H and O–H groups in total. The minimum Gasteiger partial charge on any atom is -0.484 e. The number of anilines is 2. The van der Waals surface area contributed by atoms with Crippen LogP contribution in [0, 0.1) is 0 Å². The number of nitrogens with one attached hydrogen (secondary N) is 1. The van der Waals surface area contributed by atoms with E-state index in [1.165, 1.54) is 0 Å². The van der Waals surface area contributed by atoms with Gasteiger partial charge < -0.3 is 19.7 Å². The average molecular weight is 338 g/mol. The number of hydrogen-bond donors (Lipinski definition) is 1. The van der Waals surface area contributed by atoms with Crippen molar-refractivity contribution < 1.29 is 19.1 Å². The fraction of sp³-hybridized carbons (Fsp3) is 0.158. The highest BCUT2D eigenvalue weighted by atomic mass is 16.5. The summed E-state index contributed by atoms with van der Waals surface area (Å²) >= 11 is 0. The lowest BCUT2D eigenvalue weighted by molar-refractivity contribution is -0.121. The van der Waals surface area contributed by atoms with Crippen molar-refractivity contribution >= 4 is 23.2 Å². The predicted octanol–water partition coefficient (Wildman–Crippen LogP) is 2.62. The number of fused-ring (bicyclic) bond motifs is 1. The minimum absolute atomic E-state index is 0.00252. The maximum Gasteiger partial charge on any atom is 0.265 e. The smallest absolute Gasteiger partial charge is 0.265 e. The largest absolute Gasteiger partial charge is 0.484 e. The van der Waals surface area contributed by atoms with Gasteiger partial charge in [-0.1, -0.05) is 24.3 Å². The van der Waals surface area contributed by atoms with Gasteiger partial charge in [0.25, 0.3) is 11.8 Å². The van der Waals surface area contributed by atoms with Gasteiger partial charge in [-0.25, -0.2) is 0 Å². The first-order valence-corrected chi connectivity index (χ1v) is 7.83.